The summed E-state index contributed by atoms with van der Waals surface area (Å²) in [6, 6.07) is 11.9. The van der Waals surface area contributed by atoms with Gasteiger partial charge in [-0.25, -0.2) is 14.3 Å². The van der Waals surface area contributed by atoms with Crippen molar-refractivity contribution in [1.82, 2.24) is 10.4 Å². The van der Waals surface area contributed by atoms with Gasteiger partial charge < -0.3 is 15.0 Å². The summed E-state index contributed by atoms with van der Waals surface area (Å²) in [7, 11) is 0. The molecular weight excluding hydrogens is 360 g/mol. The highest BCUT2D eigenvalue weighted by Gasteiger charge is 2.42. The first kappa shape index (κ1) is 19.3. The van der Waals surface area contributed by atoms with Crippen LogP contribution >= 0.6 is 0 Å². The van der Waals surface area contributed by atoms with Crippen LogP contribution in [0.2, 0.25) is 0 Å². The lowest BCUT2D eigenvalue weighted by Crippen LogP contribution is -2.45. The van der Waals surface area contributed by atoms with Crippen molar-refractivity contribution in [3.05, 3.63) is 59.7 Å². The second kappa shape index (κ2) is 8.55. The van der Waals surface area contributed by atoms with Crippen LogP contribution in [-0.4, -0.2) is 42.3 Å². The van der Waals surface area contributed by atoms with E-state index in [2.05, 4.69) is 15.3 Å². The molecule has 2 aliphatic rings. The Hall–Kier alpha value is -2.02. The molecule has 4 rings (SSSR count). The number of nitrogens with zero attached hydrogens (tertiary/aromatic N) is 2. The lowest BCUT2D eigenvalue weighted by Gasteiger charge is -2.39. The quantitative estimate of drug-likeness (QED) is 0.545. The summed E-state index contributed by atoms with van der Waals surface area (Å²) < 4.78 is 27.4. The minimum atomic E-state index is -0.245. The zero-order valence-corrected chi connectivity index (χ0v) is 16.0. The summed E-state index contributed by atoms with van der Waals surface area (Å²) in [6.07, 6.45) is 4.13. The van der Waals surface area contributed by atoms with Gasteiger partial charge in [-0.15, -0.1) is 0 Å². The summed E-state index contributed by atoms with van der Waals surface area (Å²) >= 11 is 0. The Morgan fingerprint density at radius 3 is 2.57 bits per heavy atom. The van der Waals surface area contributed by atoms with Crippen molar-refractivity contribution >= 4 is 11.4 Å². The highest BCUT2D eigenvalue weighted by Crippen LogP contribution is 2.48. The average molecular weight is 387 g/mol. The van der Waals surface area contributed by atoms with Crippen LogP contribution < -0.4 is 10.4 Å². The standard InChI is InChI=1S/C22H27F2N3O/c23-16-4-7-18(8-5-16)27-21-9-6-17(24)14-19(21)20-15-26(13-10-22(20)27)12-3-1-2-11-25-28/h4-9,14,20,22,25,28H,1-3,10-13,15H2. The monoisotopic (exact) mass is 387 g/mol. The molecule has 2 heterocycles. The second-order valence-corrected chi connectivity index (χ2v) is 7.78. The molecule has 28 heavy (non-hydrogen) atoms. The van der Waals surface area contributed by atoms with Crippen LogP contribution in [0.1, 0.15) is 37.2 Å². The Bertz CT molecular complexity index is 799. The molecule has 0 spiro atoms. The van der Waals surface area contributed by atoms with Gasteiger partial charge in [0.1, 0.15) is 11.6 Å². The maximum absolute atomic E-state index is 14.0. The number of anilines is 2. The molecule has 0 saturated carbocycles. The number of likely N-dealkylation sites (tertiary alicyclic amines) is 1. The number of halogens is 2. The Morgan fingerprint density at radius 1 is 1.00 bits per heavy atom. The van der Waals surface area contributed by atoms with Gasteiger partial charge in [-0.05, 0) is 73.8 Å². The molecule has 2 aromatic carbocycles. The third-order valence-electron chi connectivity index (χ3n) is 6.01. The predicted molar refractivity (Wildman–Crippen MR) is 106 cm³/mol. The van der Waals surface area contributed by atoms with Gasteiger partial charge >= 0.3 is 0 Å². The third kappa shape index (κ3) is 3.90. The van der Waals surface area contributed by atoms with E-state index >= 15 is 0 Å². The van der Waals surface area contributed by atoms with Gasteiger partial charge in [-0.2, -0.15) is 0 Å². The van der Waals surface area contributed by atoms with E-state index in [1.165, 1.54) is 18.2 Å². The van der Waals surface area contributed by atoms with E-state index in [9.17, 15) is 8.78 Å². The first-order chi connectivity index (χ1) is 13.7. The van der Waals surface area contributed by atoms with Crippen LogP contribution in [-0.2, 0) is 0 Å². The summed E-state index contributed by atoms with van der Waals surface area (Å²) in [5.41, 5.74) is 5.26. The Labute approximate surface area is 164 Å². The molecule has 0 aromatic heterocycles. The van der Waals surface area contributed by atoms with Crippen LogP contribution in [0.25, 0.3) is 0 Å². The molecule has 4 nitrogen and oxygen atoms in total. The van der Waals surface area contributed by atoms with E-state index in [4.69, 9.17) is 5.21 Å². The normalized spacial score (nSPS) is 21.6. The highest BCUT2D eigenvalue weighted by molar-refractivity contribution is 5.73. The minimum absolute atomic E-state index is 0.202. The molecule has 0 bridgehead atoms. The van der Waals surface area contributed by atoms with E-state index in [-0.39, 0.29) is 23.6 Å². The first-order valence-corrected chi connectivity index (χ1v) is 10.1. The molecule has 1 saturated heterocycles. The van der Waals surface area contributed by atoms with Crippen molar-refractivity contribution in [3.63, 3.8) is 0 Å². The lowest BCUT2D eigenvalue weighted by molar-refractivity contribution is 0.162. The molecule has 6 heteroatoms. The summed E-state index contributed by atoms with van der Waals surface area (Å²) in [5.74, 6) is -0.194. The summed E-state index contributed by atoms with van der Waals surface area (Å²) in [4.78, 5) is 4.74. The fourth-order valence-electron chi connectivity index (χ4n) is 4.69. The largest absolute Gasteiger partial charge is 0.337 e. The van der Waals surface area contributed by atoms with Crippen LogP contribution in [0.3, 0.4) is 0 Å². The molecule has 150 valence electrons. The van der Waals surface area contributed by atoms with Crippen molar-refractivity contribution in [2.75, 3.05) is 31.1 Å². The van der Waals surface area contributed by atoms with Gasteiger partial charge in [0.15, 0.2) is 0 Å². The van der Waals surface area contributed by atoms with E-state index in [0.717, 1.165) is 62.3 Å². The number of hydrogen-bond acceptors (Lipinski definition) is 4. The number of benzene rings is 2. The SMILES string of the molecule is ONCCCCCN1CCC2C(C1)c1cc(F)ccc1N2c1ccc(F)cc1. The maximum Gasteiger partial charge on any atom is 0.123 e. The zero-order valence-electron chi connectivity index (χ0n) is 16.0. The van der Waals surface area contributed by atoms with E-state index in [1.807, 2.05) is 18.2 Å². The molecular formula is C22H27F2N3O. The summed E-state index contributed by atoms with van der Waals surface area (Å²) in [5, 5.41) is 8.65. The highest BCUT2D eigenvalue weighted by atomic mass is 19.1. The number of unbranched alkanes of at least 4 members (excludes halogenated alkanes) is 2. The molecule has 2 N–H and O–H groups in total. The fourth-order valence-corrected chi connectivity index (χ4v) is 4.69. The zero-order chi connectivity index (χ0) is 19.5. The number of nitrogens with one attached hydrogen (secondary N) is 1. The van der Waals surface area contributed by atoms with Gasteiger partial charge in [0.25, 0.3) is 0 Å². The van der Waals surface area contributed by atoms with Crippen molar-refractivity contribution in [3.8, 4) is 0 Å². The number of piperidine rings is 1. The van der Waals surface area contributed by atoms with Crippen LogP contribution in [0.5, 0.6) is 0 Å². The number of hydrogen-bond donors (Lipinski definition) is 2. The van der Waals surface area contributed by atoms with Gasteiger partial charge in [-0.3, -0.25) is 0 Å². The lowest BCUT2D eigenvalue weighted by atomic mass is 9.89. The Balaban J connectivity index is 1.52. The van der Waals surface area contributed by atoms with Crippen molar-refractivity contribution in [2.45, 2.75) is 37.6 Å². The smallest absolute Gasteiger partial charge is 0.123 e. The summed E-state index contributed by atoms with van der Waals surface area (Å²) in [6.45, 7) is 3.57. The third-order valence-corrected chi connectivity index (χ3v) is 6.01. The maximum atomic E-state index is 14.0. The van der Waals surface area contributed by atoms with Crippen molar-refractivity contribution in [1.29, 1.82) is 0 Å². The van der Waals surface area contributed by atoms with Gasteiger partial charge in [0.05, 0.1) is 0 Å². The van der Waals surface area contributed by atoms with E-state index in [0.29, 0.717) is 6.54 Å². The fraction of sp³-hybridized carbons (Fsp3) is 0.455. The second-order valence-electron chi connectivity index (χ2n) is 7.78. The number of hydroxylamine groups is 1. The molecule has 2 unspecified atom stereocenters. The van der Waals surface area contributed by atoms with E-state index < -0.39 is 0 Å². The average Bonchev–Trinajstić information content (AvgIpc) is 3.01. The molecule has 0 amide bonds. The Morgan fingerprint density at radius 2 is 1.79 bits per heavy atom. The van der Waals surface area contributed by atoms with Gasteiger partial charge in [0.2, 0.25) is 0 Å². The van der Waals surface area contributed by atoms with E-state index in [1.54, 1.807) is 6.07 Å². The minimum Gasteiger partial charge on any atom is -0.337 e. The van der Waals surface area contributed by atoms with Crippen LogP contribution in [0, 0.1) is 11.6 Å². The molecule has 0 radical (unpaired) electrons. The number of rotatable bonds is 7. The molecule has 2 aliphatic heterocycles. The van der Waals surface area contributed by atoms with Gasteiger partial charge in [-0.1, -0.05) is 6.42 Å². The van der Waals surface area contributed by atoms with Crippen molar-refractivity contribution < 1.29 is 14.0 Å². The molecule has 0 aliphatic carbocycles. The topological polar surface area (TPSA) is 38.7 Å². The molecule has 2 aromatic rings. The molecule has 2 atom stereocenters. The first-order valence-electron chi connectivity index (χ1n) is 10.1. The van der Waals surface area contributed by atoms with Crippen molar-refractivity contribution in [2.24, 2.45) is 0 Å². The predicted octanol–water partition coefficient (Wildman–Crippen LogP) is 4.42. The van der Waals surface area contributed by atoms with Crippen LogP contribution in [0.15, 0.2) is 42.5 Å². The number of fused-ring (bicyclic) bond motifs is 3. The van der Waals surface area contributed by atoms with Gasteiger partial charge in [0, 0.05) is 43.0 Å². The van der Waals surface area contributed by atoms with Crippen LogP contribution in [0.4, 0.5) is 20.2 Å². The Kier molecular flexibility index (Phi) is 5.90. The molecule has 1 fully saturated rings.